The van der Waals surface area contributed by atoms with E-state index in [2.05, 4.69) is 10.4 Å². The fourth-order valence-corrected chi connectivity index (χ4v) is 5.95. The van der Waals surface area contributed by atoms with E-state index in [0.29, 0.717) is 35.7 Å². The van der Waals surface area contributed by atoms with Crippen LogP contribution >= 0.6 is 6.72 Å². The van der Waals surface area contributed by atoms with Crippen LogP contribution in [0.3, 0.4) is 0 Å². The molecule has 40 heavy (non-hydrogen) atoms. The number of hydrogen-bond acceptors (Lipinski definition) is 8. The molecule has 13 heteroatoms. The molecule has 5 N–H and O–H groups in total. The molecule has 1 fully saturated rings. The van der Waals surface area contributed by atoms with E-state index in [-0.39, 0.29) is 42.9 Å². The van der Waals surface area contributed by atoms with Crippen molar-refractivity contribution in [2.75, 3.05) is 18.1 Å². The lowest BCUT2D eigenvalue weighted by Gasteiger charge is -2.29. The second-order valence-electron chi connectivity index (χ2n) is 9.69. The van der Waals surface area contributed by atoms with Crippen molar-refractivity contribution in [1.82, 2.24) is 5.32 Å². The normalized spacial score (nSPS) is 18.5. The van der Waals surface area contributed by atoms with Gasteiger partial charge in [0.2, 0.25) is 11.8 Å². The number of hydrogen-bond donors (Lipinski definition) is 4. The average Bonchev–Trinajstić information content (AvgIpc) is 3.75. The highest BCUT2D eigenvalue weighted by molar-refractivity contribution is 8.07. The molecule has 2 aromatic rings. The van der Waals surface area contributed by atoms with Crippen LogP contribution in [0.4, 0.5) is 5.69 Å². The Hall–Kier alpha value is -2.89. The number of nitrogens with two attached hydrogens (primary N) is 1. The number of anilines is 1. The predicted molar refractivity (Wildman–Crippen MR) is 160 cm³/mol. The minimum atomic E-state index is -3.14. The van der Waals surface area contributed by atoms with Gasteiger partial charge in [0.1, 0.15) is 5.71 Å². The third kappa shape index (κ3) is 8.31. The monoisotopic (exact) mass is 582 g/mol. The van der Waals surface area contributed by atoms with E-state index in [0.717, 1.165) is 37.6 Å². The van der Waals surface area contributed by atoms with Crippen molar-refractivity contribution in [3.63, 3.8) is 0 Å². The van der Waals surface area contributed by atoms with E-state index in [4.69, 9.17) is 32.1 Å². The topological polar surface area (TPSA) is 150 Å². The Morgan fingerprint density at radius 2 is 1.82 bits per heavy atom. The van der Waals surface area contributed by atoms with Gasteiger partial charge in [-0.15, -0.1) is 0 Å². The highest BCUT2D eigenvalue weighted by Gasteiger charge is 2.31. The van der Waals surface area contributed by atoms with Crippen LogP contribution in [0.15, 0.2) is 53.6 Å². The molecule has 4 rings (SSSR count). The minimum absolute atomic E-state index is 0.0403. The molecule has 0 aromatic heterocycles. The Morgan fingerprint density at radius 3 is 2.58 bits per heavy atom. The van der Waals surface area contributed by atoms with E-state index in [1.54, 1.807) is 23.1 Å². The van der Waals surface area contributed by atoms with Gasteiger partial charge in [-0.1, -0.05) is 61.6 Å². The van der Waals surface area contributed by atoms with Gasteiger partial charge in [0.25, 0.3) is 0 Å². The van der Waals surface area contributed by atoms with E-state index < -0.39 is 6.72 Å². The number of fused-ring (bicyclic) bond motifs is 2. The number of nitrogens with zero attached hydrogens (tertiary/aromatic N) is 2. The smallest absolute Gasteiger partial charge is 0.324 e. The van der Waals surface area contributed by atoms with Crippen LogP contribution in [0.25, 0.3) is 0 Å². The van der Waals surface area contributed by atoms with Crippen LogP contribution < -0.4 is 16.1 Å². The van der Waals surface area contributed by atoms with Crippen molar-refractivity contribution < 1.29 is 23.5 Å². The zero-order chi connectivity index (χ0) is 28.5. The number of para-hydroxylation sites is 1. The number of hydrazone groups is 1. The van der Waals surface area contributed by atoms with Gasteiger partial charge in [-0.3, -0.25) is 15.0 Å². The highest BCUT2D eigenvalue weighted by Crippen LogP contribution is 2.47. The van der Waals surface area contributed by atoms with E-state index >= 15 is 0 Å². The number of carbonyl (C=O) groups excluding carboxylic acids is 2. The summed E-state index contributed by atoms with van der Waals surface area (Å²) in [4.78, 5) is 37.4. The summed E-state index contributed by atoms with van der Waals surface area (Å²) < 4.78 is 10.6. The van der Waals surface area contributed by atoms with Crippen LogP contribution in [0.5, 0.6) is 0 Å². The SMILES string of the molecule is N=C1C(=NN)c2ccccc2CN(C(=O)CCC(=O)NCCCCCCOP(O)(=S)OC2[B]C2)c2ccccc21. The first-order valence-corrected chi connectivity index (χ1v) is 16.0. The maximum absolute atomic E-state index is 13.4. The van der Waals surface area contributed by atoms with Crippen molar-refractivity contribution >= 4 is 54.7 Å². The Labute approximate surface area is 240 Å². The molecule has 2 atom stereocenters. The fourth-order valence-electron chi connectivity index (χ4n) is 4.46. The summed E-state index contributed by atoms with van der Waals surface area (Å²) in [5.74, 6) is 5.29. The van der Waals surface area contributed by atoms with Crippen molar-refractivity contribution in [3.8, 4) is 0 Å². The molecule has 1 radical (unpaired) electrons. The number of nitrogens with one attached hydrogen (secondary N) is 2. The first-order chi connectivity index (χ1) is 19.3. The molecule has 211 valence electrons. The zero-order valence-electron chi connectivity index (χ0n) is 22.3. The van der Waals surface area contributed by atoms with Crippen molar-refractivity contribution in [2.45, 2.75) is 57.4 Å². The molecule has 2 amide bonds. The Balaban J connectivity index is 1.23. The summed E-state index contributed by atoms with van der Waals surface area (Å²) in [6.45, 7) is -2.00. The Bertz CT molecular complexity index is 1320. The number of unbranched alkanes of at least 4 members (excludes halogenated alkanes) is 3. The molecule has 2 unspecified atom stereocenters. The summed E-state index contributed by atoms with van der Waals surface area (Å²) in [7, 11) is 1.92. The van der Waals surface area contributed by atoms with Crippen molar-refractivity contribution in [3.05, 3.63) is 65.2 Å². The molecule has 2 heterocycles. The maximum atomic E-state index is 13.4. The number of carbonyl (C=O) groups is 2. The van der Waals surface area contributed by atoms with Crippen LogP contribution in [0, 0.1) is 5.41 Å². The van der Waals surface area contributed by atoms with Gasteiger partial charge in [0.15, 0.2) is 7.28 Å². The predicted octanol–water partition coefficient (Wildman–Crippen LogP) is 3.43. The second-order valence-corrected chi connectivity index (χ2v) is 12.5. The maximum Gasteiger partial charge on any atom is 0.324 e. The number of rotatable bonds is 13. The first kappa shape index (κ1) is 30.1. The summed E-state index contributed by atoms with van der Waals surface area (Å²) in [6.07, 6.45) is 4.22. The standard InChI is InChI=1S/C27H34BN5O5PS/c29-26-21-11-5-6-12-22(21)33(18-19-9-3-4-10-20(19)27(26)32-30)25(35)14-13-24(34)31-15-7-1-2-8-16-37-39(36,40)38-23-17-28-23/h3-6,9-12,23,29H,1-2,7-8,13-18,30H2,(H,31,34)(H,36,40). The molecule has 2 aliphatic heterocycles. The van der Waals surface area contributed by atoms with Gasteiger partial charge in [-0.25, -0.2) is 0 Å². The summed E-state index contributed by atoms with van der Waals surface area (Å²) >= 11 is 4.97. The minimum Gasteiger partial charge on any atom is -0.356 e. The molecule has 0 spiro atoms. The Morgan fingerprint density at radius 1 is 1.12 bits per heavy atom. The van der Waals surface area contributed by atoms with Crippen LogP contribution in [-0.2, 0) is 37.0 Å². The van der Waals surface area contributed by atoms with E-state index in [1.807, 2.05) is 37.6 Å². The molecule has 0 aliphatic carbocycles. The summed E-state index contributed by atoms with van der Waals surface area (Å²) in [6, 6.07) is 14.6. The molecule has 2 aliphatic rings. The molecular formula is C27H34BN5O5PS. The van der Waals surface area contributed by atoms with Gasteiger partial charge < -0.3 is 30.0 Å². The third-order valence-electron chi connectivity index (χ3n) is 6.64. The number of benzene rings is 2. The molecule has 10 nitrogen and oxygen atoms in total. The van der Waals surface area contributed by atoms with Gasteiger partial charge in [-0.05, 0) is 36.3 Å². The quantitative estimate of drug-likeness (QED) is 0.0929. The second kappa shape index (κ2) is 14.1. The molecule has 1 saturated heterocycles. The fraction of sp³-hybridized carbons (Fsp3) is 0.407. The lowest BCUT2D eigenvalue weighted by molar-refractivity contribution is -0.125. The lowest BCUT2D eigenvalue weighted by atomic mass is 9.92. The molecule has 0 bridgehead atoms. The van der Waals surface area contributed by atoms with Gasteiger partial charge in [0.05, 0.1) is 24.6 Å². The van der Waals surface area contributed by atoms with Gasteiger partial charge in [-0.2, -0.15) is 5.10 Å². The van der Waals surface area contributed by atoms with Crippen LogP contribution in [0.1, 0.15) is 55.2 Å². The van der Waals surface area contributed by atoms with Crippen molar-refractivity contribution in [2.24, 2.45) is 10.9 Å². The average molecular weight is 582 g/mol. The first-order valence-electron chi connectivity index (χ1n) is 13.4. The van der Waals surface area contributed by atoms with Crippen molar-refractivity contribution in [1.29, 1.82) is 5.41 Å². The largest absolute Gasteiger partial charge is 0.356 e. The lowest BCUT2D eigenvalue weighted by Crippen LogP contribution is -2.36. The summed E-state index contributed by atoms with van der Waals surface area (Å²) in [5.41, 5.74) is 3.18. The molecule has 0 saturated carbocycles. The van der Waals surface area contributed by atoms with Gasteiger partial charge >= 0.3 is 6.72 Å². The van der Waals surface area contributed by atoms with Crippen LogP contribution in [-0.4, -0.2) is 54.6 Å². The zero-order valence-corrected chi connectivity index (χ0v) is 24.0. The number of amides is 2. The van der Waals surface area contributed by atoms with E-state index in [1.165, 1.54) is 0 Å². The highest BCUT2D eigenvalue weighted by atomic mass is 32.5. The van der Waals surface area contributed by atoms with Crippen LogP contribution in [0.2, 0.25) is 6.32 Å². The molecule has 2 aromatic carbocycles. The third-order valence-corrected chi connectivity index (χ3v) is 8.26. The Kier molecular flexibility index (Phi) is 10.6. The van der Waals surface area contributed by atoms with Gasteiger partial charge in [0, 0.05) is 36.5 Å². The molecular weight excluding hydrogens is 548 g/mol. The van der Waals surface area contributed by atoms with E-state index in [9.17, 15) is 14.5 Å². The summed E-state index contributed by atoms with van der Waals surface area (Å²) in [5, 5.41) is 15.5.